The molecule has 402 valence electrons. The normalized spacial score (nSPS) is 18.3. The summed E-state index contributed by atoms with van der Waals surface area (Å²) in [6, 6.07) is 97.3. The van der Waals surface area contributed by atoms with Gasteiger partial charge in [0.05, 0.1) is 0 Å². The fourth-order valence-corrected chi connectivity index (χ4v) is 15.5. The standard InChI is InChI=1S/C81H66O2/c1-5-80(64-28-14-9-15-29-64)48-49-81(6-2,53(4)55-38-36-54(37-39-55)52(80)3)75(60-44-40-58(41-45-60)67-32-20-34-69-73-65-30-18-16-26-62(65)50-71(78(73)82-76(67)69)56-22-10-7-11-23-56)61-46-42-59(43-47-61)68-33-21-35-70-74-66-31-19-17-27-63(66)51-72(79(74)83-77(68)70)57-24-12-8-13-25-57/h7-47,50-53,75H,5-6,48-49H2,1-4H3. The van der Waals surface area contributed by atoms with Gasteiger partial charge in [-0.05, 0) is 127 Å². The molecular formula is C81H66O2. The summed E-state index contributed by atoms with van der Waals surface area (Å²) < 4.78 is 14.4. The summed E-state index contributed by atoms with van der Waals surface area (Å²) in [5.74, 6) is 0.615. The Bertz CT molecular complexity index is 4460. The Kier molecular flexibility index (Phi) is 12.4. The van der Waals surface area contributed by atoms with Crippen LogP contribution in [0, 0.1) is 5.41 Å². The lowest BCUT2D eigenvalue weighted by atomic mass is 9.53. The fraction of sp³-hybridized carbons (Fsp3) is 0.160. The molecule has 2 aliphatic rings. The number of fused-ring (bicyclic) bond motifs is 17. The van der Waals surface area contributed by atoms with Gasteiger partial charge in [-0.1, -0.05) is 276 Å². The molecule has 0 radical (unpaired) electrons. The lowest BCUT2D eigenvalue weighted by Gasteiger charge is -2.50. The molecule has 2 nitrogen and oxygen atoms in total. The monoisotopic (exact) mass is 1070 g/mol. The maximum atomic E-state index is 7.18. The summed E-state index contributed by atoms with van der Waals surface area (Å²) in [5.41, 5.74) is 19.4. The van der Waals surface area contributed by atoms with E-state index >= 15 is 0 Å². The smallest absolute Gasteiger partial charge is 0.143 e. The fourth-order valence-electron chi connectivity index (χ4n) is 15.5. The van der Waals surface area contributed by atoms with Crippen molar-refractivity contribution in [2.45, 2.75) is 76.5 Å². The highest BCUT2D eigenvalue weighted by Crippen LogP contribution is 2.60. The Morgan fingerprint density at radius 1 is 0.361 bits per heavy atom. The lowest BCUT2D eigenvalue weighted by Crippen LogP contribution is -2.40. The molecule has 0 amide bonds. The van der Waals surface area contributed by atoms with E-state index in [0.717, 1.165) is 114 Å². The largest absolute Gasteiger partial charge is 0.455 e. The van der Waals surface area contributed by atoms with Gasteiger partial charge < -0.3 is 8.83 Å². The molecule has 14 aromatic rings. The van der Waals surface area contributed by atoms with Crippen LogP contribution >= 0.6 is 0 Å². The van der Waals surface area contributed by atoms with Crippen molar-refractivity contribution in [3.63, 3.8) is 0 Å². The van der Waals surface area contributed by atoms with Crippen LogP contribution in [-0.4, -0.2) is 0 Å². The zero-order valence-electron chi connectivity index (χ0n) is 47.7. The molecule has 0 fully saturated rings. The average molecular weight is 1070 g/mol. The van der Waals surface area contributed by atoms with E-state index in [1.165, 1.54) is 49.4 Å². The van der Waals surface area contributed by atoms with Crippen molar-refractivity contribution < 1.29 is 8.83 Å². The Labute approximate surface area is 486 Å². The second-order valence-electron chi connectivity index (χ2n) is 23.7. The summed E-state index contributed by atoms with van der Waals surface area (Å²) in [4.78, 5) is 0. The van der Waals surface area contributed by atoms with E-state index in [9.17, 15) is 0 Å². The number of para-hydroxylation sites is 2. The van der Waals surface area contributed by atoms with Crippen LogP contribution in [0.3, 0.4) is 0 Å². The summed E-state index contributed by atoms with van der Waals surface area (Å²) in [6.45, 7) is 9.91. The Hall–Kier alpha value is -9.24. The van der Waals surface area contributed by atoms with Crippen LogP contribution in [0.15, 0.2) is 270 Å². The summed E-state index contributed by atoms with van der Waals surface area (Å²) in [7, 11) is 0. The van der Waals surface area contributed by atoms with Crippen molar-refractivity contribution in [3.05, 3.63) is 289 Å². The maximum absolute atomic E-state index is 7.18. The third-order valence-electron chi connectivity index (χ3n) is 20.1. The highest BCUT2D eigenvalue weighted by atomic mass is 16.3. The van der Waals surface area contributed by atoms with E-state index in [-0.39, 0.29) is 22.7 Å². The van der Waals surface area contributed by atoms with Crippen molar-refractivity contribution in [2.24, 2.45) is 5.41 Å². The number of rotatable bonds is 10. The molecule has 83 heavy (non-hydrogen) atoms. The summed E-state index contributed by atoms with van der Waals surface area (Å²) in [6.07, 6.45) is 4.17. The lowest BCUT2D eigenvalue weighted by molar-refractivity contribution is 0.138. The number of hydrogen-bond acceptors (Lipinski definition) is 2. The molecule has 0 aliphatic heterocycles. The predicted octanol–water partition coefficient (Wildman–Crippen LogP) is 23.0. The van der Waals surface area contributed by atoms with Gasteiger partial charge in [0.2, 0.25) is 0 Å². The summed E-state index contributed by atoms with van der Waals surface area (Å²) >= 11 is 0. The van der Waals surface area contributed by atoms with E-state index in [4.69, 9.17) is 8.83 Å². The second kappa shape index (κ2) is 20.3. The van der Waals surface area contributed by atoms with Gasteiger partial charge in [0.15, 0.2) is 0 Å². The maximum Gasteiger partial charge on any atom is 0.143 e. The Morgan fingerprint density at radius 3 is 1.23 bits per heavy atom. The van der Waals surface area contributed by atoms with Gasteiger partial charge in [-0.3, -0.25) is 0 Å². The molecule has 2 bridgehead atoms. The molecule has 2 heterocycles. The highest BCUT2D eigenvalue weighted by Gasteiger charge is 2.48. The van der Waals surface area contributed by atoms with Crippen LogP contribution in [0.25, 0.3) is 110 Å². The first-order valence-electron chi connectivity index (χ1n) is 30.1. The zero-order valence-corrected chi connectivity index (χ0v) is 47.7. The van der Waals surface area contributed by atoms with Crippen LogP contribution in [0.1, 0.15) is 98.9 Å². The molecule has 4 unspecified atom stereocenters. The zero-order chi connectivity index (χ0) is 55.8. The van der Waals surface area contributed by atoms with Crippen LogP contribution < -0.4 is 0 Å². The van der Waals surface area contributed by atoms with Gasteiger partial charge in [-0.25, -0.2) is 0 Å². The van der Waals surface area contributed by atoms with E-state index in [1.807, 2.05) is 0 Å². The van der Waals surface area contributed by atoms with Crippen molar-refractivity contribution in [1.29, 1.82) is 0 Å². The minimum Gasteiger partial charge on any atom is -0.455 e. The van der Waals surface area contributed by atoms with E-state index < -0.39 is 0 Å². The van der Waals surface area contributed by atoms with Gasteiger partial charge >= 0.3 is 0 Å². The van der Waals surface area contributed by atoms with Crippen molar-refractivity contribution in [3.8, 4) is 44.5 Å². The van der Waals surface area contributed by atoms with Crippen molar-refractivity contribution >= 4 is 65.4 Å². The first kappa shape index (κ1) is 50.7. The number of furan rings is 2. The predicted molar refractivity (Wildman–Crippen MR) is 350 cm³/mol. The van der Waals surface area contributed by atoms with Crippen LogP contribution in [0.5, 0.6) is 0 Å². The number of benzene rings is 12. The quantitative estimate of drug-likeness (QED) is 0.136. The highest BCUT2D eigenvalue weighted by molar-refractivity contribution is 6.25. The third-order valence-corrected chi connectivity index (χ3v) is 20.1. The molecule has 0 saturated heterocycles. The molecule has 2 aromatic heterocycles. The van der Waals surface area contributed by atoms with Gasteiger partial charge in [0.25, 0.3) is 0 Å². The SMILES string of the molecule is CCC1(c2ccccc2)CCC(CC)(C(c2ccc(-c3cccc4c3oc3c(-c5ccccc5)cc5ccccc5c34)cc2)c2ccc(-c3cccc4c3oc3c(-c5ccccc5)cc5ccccc5c34)cc2)C(C)c2ccc(cc2)C1C. The van der Waals surface area contributed by atoms with Gasteiger partial charge in [0, 0.05) is 55.1 Å². The molecule has 4 atom stereocenters. The van der Waals surface area contributed by atoms with Crippen LogP contribution in [0.4, 0.5) is 0 Å². The van der Waals surface area contributed by atoms with E-state index in [0.29, 0.717) is 5.92 Å². The second-order valence-corrected chi connectivity index (χ2v) is 23.7. The summed E-state index contributed by atoms with van der Waals surface area (Å²) in [5, 5.41) is 9.42. The van der Waals surface area contributed by atoms with Gasteiger partial charge in [-0.15, -0.1) is 0 Å². The van der Waals surface area contributed by atoms with E-state index in [1.54, 1.807) is 0 Å². The van der Waals surface area contributed by atoms with Crippen molar-refractivity contribution in [1.82, 2.24) is 0 Å². The van der Waals surface area contributed by atoms with Gasteiger partial charge in [0.1, 0.15) is 22.3 Å². The average Bonchev–Trinajstić information content (AvgIpc) is 3.90. The molecule has 0 saturated carbocycles. The Balaban J connectivity index is 0.903. The van der Waals surface area contributed by atoms with E-state index in [2.05, 4.69) is 289 Å². The molecule has 2 aliphatic carbocycles. The Morgan fingerprint density at radius 2 is 0.771 bits per heavy atom. The van der Waals surface area contributed by atoms with Crippen LogP contribution in [-0.2, 0) is 5.41 Å². The van der Waals surface area contributed by atoms with Crippen molar-refractivity contribution in [2.75, 3.05) is 0 Å². The topological polar surface area (TPSA) is 26.3 Å². The van der Waals surface area contributed by atoms with Crippen LogP contribution in [0.2, 0.25) is 0 Å². The third kappa shape index (κ3) is 8.12. The minimum atomic E-state index is -0.182. The first-order chi connectivity index (χ1) is 40.9. The molecule has 16 rings (SSSR count). The minimum absolute atomic E-state index is 0.0499. The molecule has 2 heteroatoms. The molecular weight excluding hydrogens is 1000 g/mol. The molecule has 12 aromatic carbocycles. The first-order valence-corrected chi connectivity index (χ1v) is 30.1. The van der Waals surface area contributed by atoms with Gasteiger partial charge in [-0.2, -0.15) is 0 Å². The number of hydrogen-bond donors (Lipinski definition) is 0. The molecule has 0 spiro atoms. The molecule has 0 N–H and O–H groups in total.